The molecule has 1 amide bonds. The fraction of sp³-hybridized carbons (Fsp3) is 0.480. The van der Waals surface area contributed by atoms with Crippen LogP contribution in [0.3, 0.4) is 0 Å². The number of hydrogen-bond donors (Lipinski definition) is 0. The number of anilines is 1. The first-order chi connectivity index (χ1) is 15.1. The number of rotatable bonds is 8. The van der Waals surface area contributed by atoms with Crippen molar-refractivity contribution in [3.05, 3.63) is 59.2 Å². The fourth-order valence-electron chi connectivity index (χ4n) is 4.00. The van der Waals surface area contributed by atoms with Crippen LogP contribution in [0.5, 0.6) is 5.75 Å². The van der Waals surface area contributed by atoms with Crippen molar-refractivity contribution in [1.82, 2.24) is 4.90 Å². The van der Waals surface area contributed by atoms with Gasteiger partial charge >= 0.3 is 0 Å². The van der Waals surface area contributed by atoms with Crippen molar-refractivity contribution in [2.24, 2.45) is 0 Å². The zero-order chi connectivity index (χ0) is 23.5. The SMILES string of the molecule is Cc1ccc(C(C)C)c(OCC(=O)N(Cc2ccc(N(C)C)cc2)C2CCS(=O)(=O)C2)c1. The van der Waals surface area contributed by atoms with Crippen molar-refractivity contribution in [3.8, 4) is 5.75 Å². The maximum atomic E-state index is 13.3. The quantitative estimate of drug-likeness (QED) is 0.602. The Balaban J connectivity index is 1.79. The zero-order valence-corrected chi connectivity index (χ0v) is 20.5. The summed E-state index contributed by atoms with van der Waals surface area (Å²) in [5.41, 5.74) is 4.15. The molecule has 1 unspecified atom stereocenters. The third-order valence-electron chi connectivity index (χ3n) is 5.92. The molecule has 2 aromatic rings. The van der Waals surface area contributed by atoms with Gasteiger partial charge in [-0.05, 0) is 54.2 Å². The molecule has 3 rings (SSSR count). The number of carbonyl (C=O) groups excluding carboxylic acids is 1. The van der Waals surface area contributed by atoms with Crippen LogP contribution in [0.2, 0.25) is 0 Å². The van der Waals surface area contributed by atoms with Gasteiger partial charge in [0.05, 0.1) is 11.5 Å². The Hall–Kier alpha value is -2.54. The molecule has 0 spiro atoms. The van der Waals surface area contributed by atoms with Gasteiger partial charge in [0.25, 0.3) is 5.91 Å². The van der Waals surface area contributed by atoms with Gasteiger partial charge in [-0.25, -0.2) is 8.42 Å². The highest BCUT2D eigenvalue weighted by Gasteiger charge is 2.35. The minimum Gasteiger partial charge on any atom is -0.483 e. The second-order valence-electron chi connectivity index (χ2n) is 9.12. The van der Waals surface area contributed by atoms with Crippen LogP contribution in [0.1, 0.15) is 42.9 Å². The summed E-state index contributed by atoms with van der Waals surface area (Å²) < 4.78 is 30.2. The van der Waals surface area contributed by atoms with E-state index in [9.17, 15) is 13.2 Å². The molecule has 0 bridgehead atoms. The van der Waals surface area contributed by atoms with E-state index < -0.39 is 9.84 Å². The normalized spacial score (nSPS) is 17.4. The predicted molar refractivity (Wildman–Crippen MR) is 129 cm³/mol. The highest BCUT2D eigenvalue weighted by atomic mass is 32.2. The molecule has 32 heavy (non-hydrogen) atoms. The Kier molecular flexibility index (Phi) is 7.49. The molecule has 1 heterocycles. The lowest BCUT2D eigenvalue weighted by molar-refractivity contribution is -0.136. The van der Waals surface area contributed by atoms with Crippen molar-refractivity contribution in [2.45, 2.75) is 45.7 Å². The van der Waals surface area contributed by atoms with E-state index in [0.717, 1.165) is 22.4 Å². The van der Waals surface area contributed by atoms with Crippen LogP contribution in [0.25, 0.3) is 0 Å². The highest BCUT2D eigenvalue weighted by Crippen LogP contribution is 2.28. The topological polar surface area (TPSA) is 66.9 Å². The standard InChI is InChI=1S/C25H34N2O4S/c1-18(2)23-11-6-19(3)14-24(23)31-16-25(28)27(22-12-13-32(29,30)17-22)15-20-7-9-21(10-8-20)26(4)5/h6-11,14,18,22H,12-13,15-17H2,1-5H3. The first-order valence-corrected chi connectivity index (χ1v) is 12.9. The minimum atomic E-state index is -3.12. The number of hydrogen-bond acceptors (Lipinski definition) is 5. The average Bonchev–Trinajstić information content (AvgIpc) is 3.09. The van der Waals surface area contributed by atoms with Crippen LogP contribution in [0, 0.1) is 6.92 Å². The number of sulfone groups is 1. The maximum absolute atomic E-state index is 13.3. The van der Waals surface area contributed by atoms with Gasteiger partial charge in [0, 0.05) is 32.4 Å². The molecule has 0 aromatic heterocycles. The Bertz CT molecular complexity index is 1050. The summed E-state index contributed by atoms with van der Waals surface area (Å²) in [6.45, 7) is 6.42. The van der Waals surface area contributed by atoms with Gasteiger partial charge in [0.1, 0.15) is 5.75 Å². The van der Waals surface area contributed by atoms with Gasteiger partial charge in [-0.15, -0.1) is 0 Å². The molecule has 0 N–H and O–H groups in total. The summed E-state index contributed by atoms with van der Waals surface area (Å²) in [5.74, 6) is 0.919. The van der Waals surface area contributed by atoms with Gasteiger partial charge in [-0.2, -0.15) is 0 Å². The van der Waals surface area contributed by atoms with Crippen molar-refractivity contribution >= 4 is 21.4 Å². The van der Waals surface area contributed by atoms with Gasteiger partial charge < -0.3 is 14.5 Å². The van der Waals surface area contributed by atoms with Crippen molar-refractivity contribution in [3.63, 3.8) is 0 Å². The highest BCUT2D eigenvalue weighted by molar-refractivity contribution is 7.91. The molecule has 6 nitrogen and oxygen atoms in total. The first-order valence-electron chi connectivity index (χ1n) is 11.1. The summed E-state index contributed by atoms with van der Waals surface area (Å²) in [6.07, 6.45) is 0.464. The number of carbonyl (C=O) groups is 1. The van der Waals surface area contributed by atoms with Crippen LogP contribution in [0.15, 0.2) is 42.5 Å². The minimum absolute atomic E-state index is 0.0101. The molecule has 7 heteroatoms. The van der Waals surface area contributed by atoms with Crippen LogP contribution in [-0.4, -0.2) is 57.5 Å². The molecule has 1 aliphatic rings. The number of ether oxygens (including phenoxy) is 1. The number of benzene rings is 2. The molecule has 174 valence electrons. The van der Waals surface area contributed by atoms with E-state index in [-0.39, 0.29) is 36.0 Å². The van der Waals surface area contributed by atoms with E-state index in [2.05, 4.69) is 13.8 Å². The molecule has 1 saturated heterocycles. The van der Waals surface area contributed by atoms with E-state index in [1.54, 1.807) is 4.90 Å². The molecule has 0 saturated carbocycles. The molecule has 1 aliphatic heterocycles. The maximum Gasteiger partial charge on any atom is 0.261 e. The summed E-state index contributed by atoms with van der Waals surface area (Å²) in [6, 6.07) is 13.7. The van der Waals surface area contributed by atoms with Gasteiger partial charge in [-0.3, -0.25) is 4.79 Å². The summed E-state index contributed by atoms with van der Waals surface area (Å²) in [4.78, 5) is 17.0. The van der Waals surface area contributed by atoms with E-state index in [1.165, 1.54) is 0 Å². The van der Waals surface area contributed by atoms with E-state index in [4.69, 9.17) is 4.74 Å². The smallest absolute Gasteiger partial charge is 0.261 e. The number of amides is 1. The number of nitrogens with zero attached hydrogens (tertiary/aromatic N) is 2. The lowest BCUT2D eigenvalue weighted by Gasteiger charge is -2.29. The lowest BCUT2D eigenvalue weighted by atomic mass is 10.0. The van der Waals surface area contributed by atoms with Crippen LogP contribution in [0.4, 0.5) is 5.69 Å². The van der Waals surface area contributed by atoms with E-state index in [1.807, 2.05) is 68.4 Å². The summed E-state index contributed by atoms with van der Waals surface area (Å²) in [7, 11) is 0.833. The lowest BCUT2D eigenvalue weighted by Crippen LogP contribution is -2.43. The monoisotopic (exact) mass is 458 g/mol. The molecule has 0 aliphatic carbocycles. The molecule has 1 atom stereocenters. The van der Waals surface area contributed by atoms with Gasteiger partial charge in [-0.1, -0.05) is 38.1 Å². The third kappa shape index (κ3) is 6.03. The zero-order valence-electron chi connectivity index (χ0n) is 19.7. The molecule has 1 fully saturated rings. The molecular formula is C25H34N2O4S. The van der Waals surface area contributed by atoms with Gasteiger partial charge in [0.2, 0.25) is 0 Å². The predicted octanol–water partition coefficient (Wildman–Crippen LogP) is 3.78. The van der Waals surface area contributed by atoms with Crippen LogP contribution < -0.4 is 9.64 Å². The Labute approximate surface area is 192 Å². The second-order valence-corrected chi connectivity index (χ2v) is 11.4. The largest absolute Gasteiger partial charge is 0.483 e. The third-order valence-corrected chi connectivity index (χ3v) is 7.67. The van der Waals surface area contributed by atoms with E-state index >= 15 is 0 Å². The van der Waals surface area contributed by atoms with Crippen molar-refractivity contribution < 1.29 is 17.9 Å². The number of aryl methyl sites for hydroxylation is 1. The fourth-order valence-corrected chi connectivity index (χ4v) is 5.73. The summed E-state index contributed by atoms with van der Waals surface area (Å²) in [5, 5.41) is 0. The van der Waals surface area contributed by atoms with Crippen LogP contribution >= 0.6 is 0 Å². The molecule has 0 radical (unpaired) electrons. The van der Waals surface area contributed by atoms with Gasteiger partial charge in [0.15, 0.2) is 16.4 Å². The van der Waals surface area contributed by atoms with E-state index in [0.29, 0.717) is 18.7 Å². The molecular weight excluding hydrogens is 424 g/mol. The molecule has 2 aromatic carbocycles. The first kappa shape index (κ1) is 24.1. The van der Waals surface area contributed by atoms with Crippen molar-refractivity contribution in [2.75, 3.05) is 37.1 Å². The Morgan fingerprint density at radius 1 is 1.12 bits per heavy atom. The van der Waals surface area contributed by atoms with Crippen LogP contribution in [-0.2, 0) is 21.2 Å². The Morgan fingerprint density at radius 3 is 2.38 bits per heavy atom. The average molecular weight is 459 g/mol. The Morgan fingerprint density at radius 2 is 1.81 bits per heavy atom. The van der Waals surface area contributed by atoms with Crippen molar-refractivity contribution in [1.29, 1.82) is 0 Å². The second kappa shape index (κ2) is 9.94. The summed E-state index contributed by atoms with van der Waals surface area (Å²) >= 11 is 0.